The Kier molecular flexibility index (Phi) is 3.26. The van der Waals surface area contributed by atoms with Crippen molar-refractivity contribution in [3.8, 4) is 10.6 Å². The number of nitrogens with zero attached hydrogens (tertiary/aromatic N) is 2. The van der Waals surface area contributed by atoms with Gasteiger partial charge in [0.2, 0.25) is 0 Å². The van der Waals surface area contributed by atoms with Crippen LogP contribution in [0.15, 0.2) is 23.7 Å². The Balaban J connectivity index is 2.46. The molecule has 0 bridgehead atoms. The first kappa shape index (κ1) is 12.2. The molecule has 0 aromatic carbocycles. The van der Waals surface area contributed by atoms with Crippen molar-refractivity contribution in [2.75, 3.05) is 7.05 Å². The van der Waals surface area contributed by atoms with Crippen molar-refractivity contribution < 1.29 is 0 Å². The standard InChI is InChI=1S/C13H17N3S/c1-9-6-8-17-11(9)10-5-7-15-12(16-10)13(2,3)14-4/h5-8,14H,1-4H3. The Morgan fingerprint density at radius 3 is 2.65 bits per heavy atom. The number of hydrogen-bond acceptors (Lipinski definition) is 4. The van der Waals surface area contributed by atoms with Gasteiger partial charge >= 0.3 is 0 Å². The molecule has 2 aromatic rings. The molecular formula is C13H17N3S. The Morgan fingerprint density at radius 1 is 1.29 bits per heavy atom. The van der Waals surface area contributed by atoms with Crippen LogP contribution in [0.4, 0.5) is 0 Å². The van der Waals surface area contributed by atoms with Crippen LogP contribution >= 0.6 is 11.3 Å². The first-order valence-corrected chi connectivity index (χ1v) is 6.49. The average Bonchev–Trinajstić information content (AvgIpc) is 2.76. The fraction of sp³-hybridized carbons (Fsp3) is 0.385. The van der Waals surface area contributed by atoms with E-state index in [1.807, 2.05) is 19.3 Å². The monoisotopic (exact) mass is 247 g/mol. The van der Waals surface area contributed by atoms with Crippen molar-refractivity contribution in [3.05, 3.63) is 35.1 Å². The second-order valence-corrected chi connectivity index (χ2v) is 5.49. The van der Waals surface area contributed by atoms with Gasteiger partial charge in [0.1, 0.15) is 5.82 Å². The largest absolute Gasteiger partial charge is 0.308 e. The Bertz CT molecular complexity index is 517. The van der Waals surface area contributed by atoms with Crippen molar-refractivity contribution in [2.45, 2.75) is 26.3 Å². The van der Waals surface area contributed by atoms with Crippen LogP contribution in [0.1, 0.15) is 25.2 Å². The molecular weight excluding hydrogens is 230 g/mol. The third-order valence-electron chi connectivity index (χ3n) is 2.93. The van der Waals surface area contributed by atoms with Crippen molar-refractivity contribution in [2.24, 2.45) is 0 Å². The topological polar surface area (TPSA) is 37.8 Å². The van der Waals surface area contributed by atoms with E-state index in [0.29, 0.717) is 0 Å². The van der Waals surface area contributed by atoms with Gasteiger partial charge in [-0.05, 0) is 50.9 Å². The first-order chi connectivity index (χ1) is 8.04. The molecule has 0 radical (unpaired) electrons. The lowest BCUT2D eigenvalue weighted by Gasteiger charge is -2.22. The molecule has 0 aliphatic heterocycles. The predicted octanol–water partition coefficient (Wildman–Crippen LogP) is 2.97. The van der Waals surface area contributed by atoms with Crippen LogP contribution in [0.5, 0.6) is 0 Å². The second kappa shape index (κ2) is 4.55. The average molecular weight is 247 g/mol. The van der Waals surface area contributed by atoms with E-state index < -0.39 is 0 Å². The van der Waals surface area contributed by atoms with E-state index in [-0.39, 0.29) is 5.54 Å². The van der Waals surface area contributed by atoms with Crippen LogP contribution in [-0.2, 0) is 5.54 Å². The third-order valence-corrected chi connectivity index (χ3v) is 3.97. The zero-order valence-corrected chi connectivity index (χ0v) is 11.4. The highest BCUT2D eigenvalue weighted by atomic mass is 32.1. The highest BCUT2D eigenvalue weighted by molar-refractivity contribution is 7.13. The summed E-state index contributed by atoms with van der Waals surface area (Å²) in [5.74, 6) is 0.824. The molecule has 0 unspecified atom stereocenters. The summed E-state index contributed by atoms with van der Waals surface area (Å²) < 4.78 is 0. The van der Waals surface area contributed by atoms with Crippen LogP contribution in [0, 0.1) is 6.92 Å². The van der Waals surface area contributed by atoms with Gasteiger partial charge in [-0.25, -0.2) is 9.97 Å². The SMILES string of the molecule is CNC(C)(C)c1nccc(-c2sccc2C)n1. The number of aromatic nitrogens is 2. The summed E-state index contributed by atoms with van der Waals surface area (Å²) in [5.41, 5.74) is 2.06. The first-order valence-electron chi connectivity index (χ1n) is 5.61. The fourth-order valence-corrected chi connectivity index (χ4v) is 2.43. The predicted molar refractivity (Wildman–Crippen MR) is 72.2 cm³/mol. The lowest BCUT2D eigenvalue weighted by atomic mass is 10.1. The lowest BCUT2D eigenvalue weighted by molar-refractivity contribution is 0.417. The minimum absolute atomic E-state index is 0.207. The van der Waals surface area contributed by atoms with Crippen molar-refractivity contribution >= 4 is 11.3 Å². The molecule has 0 aliphatic carbocycles. The van der Waals surface area contributed by atoms with Crippen LogP contribution in [-0.4, -0.2) is 17.0 Å². The molecule has 17 heavy (non-hydrogen) atoms. The molecule has 0 saturated heterocycles. The Morgan fingerprint density at radius 2 is 2.06 bits per heavy atom. The maximum atomic E-state index is 4.66. The summed E-state index contributed by atoms with van der Waals surface area (Å²) in [6, 6.07) is 4.08. The summed E-state index contributed by atoms with van der Waals surface area (Å²) in [6.45, 7) is 6.26. The minimum Gasteiger partial charge on any atom is -0.308 e. The van der Waals surface area contributed by atoms with Gasteiger partial charge in [-0.3, -0.25) is 0 Å². The van der Waals surface area contributed by atoms with E-state index in [1.165, 1.54) is 10.4 Å². The Hall–Kier alpha value is -1.26. The molecule has 1 N–H and O–H groups in total. The molecule has 4 heteroatoms. The molecule has 0 fully saturated rings. The molecule has 3 nitrogen and oxygen atoms in total. The van der Waals surface area contributed by atoms with Gasteiger partial charge in [-0.1, -0.05) is 0 Å². The van der Waals surface area contributed by atoms with E-state index in [1.54, 1.807) is 11.3 Å². The number of hydrogen-bond donors (Lipinski definition) is 1. The molecule has 0 atom stereocenters. The lowest BCUT2D eigenvalue weighted by Crippen LogP contribution is -2.35. The van der Waals surface area contributed by atoms with Crippen LogP contribution in [0.2, 0.25) is 0 Å². The number of thiophene rings is 1. The third kappa shape index (κ3) is 2.37. The molecule has 2 heterocycles. The maximum absolute atomic E-state index is 4.66. The highest BCUT2D eigenvalue weighted by Gasteiger charge is 2.21. The second-order valence-electron chi connectivity index (χ2n) is 4.57. The Labute approximate surface area is 106 Å². The van der Waals surface area contributed by atoms with E-state index in [2.05, 4.69) is 47.5 Å². The summed E-state index contributed by atoms with van der Waals surface area (Å²) in [4.78, 5) is 10.2. The van der Waals surface area contributed by atoms with Crippen molar-refractivity contribution in [1.82, 2.24) is 15.3 Å². The quantitative estimate of drug-likeness (QED) is 0.906. The van der Waals surface area contributed by atoms with Crippen LogP contribution in [0.25, 0.3) is 10.6 Å². The summed E-state index contributed by atoms with van der Waals surface area (Å²) >= 11 is 1.72. The highest BCUT2D eigenvalue weighted by Crippen LogP contribution is 2.28. The van der Waals surface area contributed by atoms with E-state index in [4.69, 9.17) is 0 Å². The number of rotatable bonds is 3. The number of nitrogens with one attached hydrogen (secondary N) is 1. The molecule has 2 aromatic heterocycles. The summed E-state index contributed by atoms with van der Waals surface area (Å²) in [6.07, 6.45) is 1.83. The molecule has 0 amide bonds. The van der Waals surface area contributed by atoms with E-state index in [0.717, 1.165) is 11.5 Å². The fourth-order valence-electron chi connectivity index (χ4n) is 1.53. The van der Waals surface area contributed by atoms with E-state index >= 15 is 0 Å². The summed E-state index contributed by atoms with van der Waals surface area (Å²) in [7, 11) is 1.92. The number of aryl methyl sites for hydroxylation is 1. The van der Waals surface area contributed by atoms with Crippen molar-refractivity contribution in [1.29, 1.82) is 0 Å². The molecule has 0 saturated carbocycles. The zero-order chi connectivity index (χ0) is 12.5. The van der Waals surface area contributed by atoms with Crippen molar-refractivity contribution in [3.63, 3.8) is 0 Å². The smallest absolute Gasteiger partial charge is 0.148 e. The zero-order valence-electron chi connectivity index (χ0n) is 10.6. The van der Waals surface area contributed by atoms with Gasteiger partial charge in [-0.15, -0.1) is 11.3 Å². The van der Waals surface area contributed by atoms with Gasteiger partial charge in [0.15, 0.2) is 0 Å². The van der Waals surface area contributed by atoms with Crippen LogP contribution < -0.4 is 5.32 Å². The molecule has 90 valence electrons. The van der Waals surface area contributed by atoms with Gasteiger partial charge in [0.05, 0.1) is 16.1 Å². The molecule has 0 aliphatic rings. The van der Waals surface area contributed by atoms with Gasteiger partial charge in [-0.2, -0.15) is 0 Å². The maximum Gasteiger partial charge on any atom is 0.148 e. The minimum atomic E-state index is -0.207. The molecule has 0 spiro atoms. The van der Waals surface area contributed by atoms with Crippen LogP contribution in [0.3, 0.4) is 0 Å². The molecule has 2 rings (SSSR count). The summed E-state index contributed by atoms with van der Waals surface area (Å²) in [5, 5.41) is 5.32. The normalized spacial score (nSPS) is 11.8. The van der Waals surface area contributed by atoms with Gasteiger partial charge in [0, 0.05) is 6.20 Å². The van der Waals surface area contributed by atoms with Gasteiger partial charge < -0.3 is 5.32 Å². The van der Waals surface area contributed by atoms with E-state index in [9.17, 15) is 0 Å². The van der Waals surface area contributed by atoms with Gasteiger partial charge in [0.25, 0.3) is 0 Å².